The summed E-state index contributed by atoms with van der Waals surface area (Å²) in [6.45, 7) is 19.0. The minimum Gasteiger partial charge on any atom is -0.301 e. The molecule has 0 aromatic rings. The molecule has 0 bridgehead atoms. The first kappa shape index (κ1) is 16.0. The molecule has 0 aromatic heterocycles. The van der Waals surface area contributed by atoms with Crippen LogP contribution in [0.5, 0.6) is 0 Å². The SMILES string of the molecule is CC1CCN(C(C)C)C1.CC1CCN(C(C)C)C1. The molecule has 0 spiro atoms. The molecule has 2 rings (SSSR count). The minimum atomic E-state index is 0.759. The van der Waals surface area contributed by atoms with Gasteiger partial charge in [-0.2, -0.15) is 0 Å². The molecule has 2 heterocycles. The van der Waals surface area contributed by atoms with Gasteiger partial charge in [0.05, 0.1) is 0 Å². The summed E-state index contributed by atoms with van der Waals surface area (Å²) < 4.78 is 0. The van der Waals surface area contributed by atoms with E-state index < -0.39 is 0 Å². The summed E-state index contributed by atoms with van der Waals surface area (Å²) in [5, 5.41) is 0. The second kappa shape index (κ2) is 7.49. The second-order valence-corrected chi connectivity index (χ2v) is 6.97. The fourth-order valence-corrected chi connectivity index (χ4v) is 2.88. The van der Waals surface area contributed by atoms with Crippen molar-refractivity contribution >= 4 is 0 Å². The Balaban J connectivity index is 0.000000180. The number of rotatable bonds is 2. The molecule has 0 N–H and O–H groups in total. The average molecular weight is 254 g/mol. The maximum atomic E-state index is 2.55. The molecular formula is C16H34N2. The van der Waals surface area contributed by atoms with Gasteiger partial charge in [0, 0.05) is 25.2 Å². The topological polar surface area (TPSA) is 6.48 Å². The number of hydrogen-bond acceptors (Lipinski definition) is 2. The molecule has 2 fully saturated rings. The van der Waals surface area contributed by atoms with E-state index in [-0.39, 0.29) is 0 Å². The van der Waals surface area contributed by atoms with Crippen molar-refractivity contribution in [1.82, 2.24) is 9.80 Å². The summed E-state index contributed by atoms with van der Waals surface area (Å²) in [5.74, 6) is 1.87. The zero-order valence-corrected chi connectivity index (χ0v) is 13.4. The van der Waals surface area contributed by atoms with Gasteiger partial charge < -0.3 is 9.80 Å². The van der Waals surface area contributed by atoms with Crippen LogP contribution >= 0.6 is 0 Å². The van der Waals surface area contributed by atoms with E-state index in [1.165, 1.54) is 39.0 Å². The Morgan fingerprint density at radius 3 is 1.17 bits per heavy atom. The fraction of sp³-hybridized carbons (Fsp3) is 1.00. The van der Waals surface area contributed by atoms with Crippen LogP contribution in [0.2, 0.25) is 0 Å². The van der Waals surface area contributed by atoms with E-state index in [1.54, 1.807) is 0 Å². The van der Waals surface area contributed by atoms with E-state index in [4.69, 9.17) is 0 Å². The molecule has 2 heteroatoms. The van der Waals surface area contributed by atoms with Crippen LogP contribution in [0.15, 0.2) is 0 Å². The maximum Gasteiger partial charge on any atom is 0.00387 e. The summed E-state index contributed by atoms with van der Waals surface area (Å²) in [5.41, 5.74) is 0. The molecule has 0 radical (unpaired) electrons. The Hall–Kier alpha value is -0.0800. The lowest BCUT2D eigenvalue weighted by Gasteiger charge is -2.19. The van der Waals surface area contributed by atoms with Gasteiger partial charge >= 0.3 is 0 Å². The summed E-state index contributed by atoms with van der Waals surface area (Å²) in [6.07, 6.45) is 2.80. The first-order chi connectivity index (χ1) is 8.40. The van der Waals surface area contributed by atoms with Crippen molar-refractivity contribution in [3.05, 3.63) is 0 Å². The largest absolute Gasteiger partial charge is 0.301 e. The average Bonchev–Trinajstić information content (AvgIpc) is 2.88. The van der Waals surface area contributed by atoms with Gasteiger partial charge in [0.1, 0.15) is 0 Å². The molecule has 0 aliphatic carbocycles. The molecule has 108 valence electrons. The lowest BCUT2D eigenvalue weighted by molar-refractivity contribution is 0.267. The number of hydrogen-bond donors (Lipinski definition) is 0. The van der Waals surface area contributed by atoms with Crippen molar-refractivity contribution in [2.75, 3.05) is 26.2 Å². The van der Waals surface area contributed by atoms with Gasteiger partial charge in [-0.3, -0.25) is 0 Å². The van der Waals surface area contributed by atoms with Crippen LogP contribution in [0.3, 0.4) is 0 Å². The first-order valence-corrected chi connectivity index (χ1v) is 7.88. The molecule has 2 aliphatic heterocycles. The van der Waals surface area contributed by atoms with Gasteiger partial charge in [-0.25, -0.2) is 0 Å². The van der Waals surface area contributed by atoms with Crippen molar-refractivity contribution in [2.24, 2.45) is 11.8 Å². The molecule has 2 aliphatic rings. The van der Waals surface area contributed by atoms with Gasteiger partial charge in [0.2, 0.25) is 0 Å². The van der Waals surface area contributed by atoms with Crippen molar-refractivity contribution in [3.8, 4) is 0 Å². The summed E-state index contributed by atoms with van der Waals surface area (Å²) >= 11 is 0. The standard InChI is InChI=1S/2C8H17N/c2*1-7(2)9-5-4-8(3)6-9/h2*7-8H,4-6H2,1-3H3. The molecule has 2 saturated heterocycles. The number of nitrogens with zero attached hydrogens (tertiary/aromatic N) is 2. The Labute approximate surface area is 115 Å². The fourth-order valence-electron chi connectivity index (χ4n) is 2.88. The highest BCUT2D eigenvalue weighted by Crippen LogP contribution is 2.17. The van der Waals surface area contributed by atoms with Crippen LogP contribution in [0.1, 0.15) is 54.4 Å². The molecule has 2 unspecified atom stereocenters. The third kappa shape index (κ3) is 5.27. The van der Waals surface area contributed by atoms with E-state index in [1.807, 2.05) is 0 Å². The predicted molar refractivity (Wildman–Crippen MR) is 81.0 cm³/mol. The highest BCUT2D eigenvalue weighted by molar-refractivity contribution is 4.75. The van der Waals surface area contributed by atoms with Crippen LogP contribution in [-0.2, 0) is 0 Å². The lowest BCUT2D eigenvalue weighted by atomic mass is 10.2. The molecule has 2 atom stereocenters. The number of likely N-dealkylation sites (tertiary alicyclic amines) is 2. The van der Waals surface area contributed by atoms with Gasteiger partial charge in [-0.1, -0.05) is 13.8 Å². The van der Waals surface area contributed by atoms with Crippen LogP contribution in [-0.4, -0.2) is 48.1 Å². The Morgan fingerprint density at radius 2 is 1.06 bits per heavy atom. The molecule has 0 aromatic carbocycles. The van der Waals surface area contributed by atoms with Gasteiger partial charge in [0.15, 0.2) is 0 Å². The van der Waals surface area contributed by atoms with E-state index in [9.17, 15) is 0 Å². The molecule has 0 amide bonds. The summed E-state index contributed by atoms with van der Waals surface area (Å²) in [7, 11) is 0. The third-order valence-corrected chi connectivity index (χ3v) is 4.37. The van der Waals surface area contributed by atoms with Gasteiger partial charge in [-0.15, -0.1) is 0 Å². The highest BCUT2D eigenvalue weighted by atomic mass is 15.2. The van der Waals surface area contributed by atoms with Crippen LogP contribution < -0.4 is 0 Å². The molecule has 18 heavy (non-hydrogen) atoms. The van der Waals surface area contributed by atoms with E-state index in [0.717, 1.165) is 23.9 Å². The lowest BCUT2D eigenvalue weighted by Crippen LogP contribution is -2.27. The van der Waals surface area contributed by atoms with Crippen LogP contribution in [0, 0.1) is 11.8 Å². The highest BCUT2D eigenvalue weighted by Gasteiger charge is 2.20. The quantitative estimate of drug-likeness (QED) is 0.744. The van der Waals surface area contributed by atoms with E-state index in [0.29, 0.717) is 0 Å². The zero-order chi connectivity index (χ0) is 13.7. The Morgan fingerprint density at radius 1 is 0.722 bits per heavy atom. The molecular weight excluding hydrogens is 220 g/mol. The van der Waals surface area contributed by atoms with Gasteiger partial charge in [-0.05, 0) is 65.5 Å². The van der Waals surface area contributed by atoms with E-state index in [2.05, 4.69) is 51.3 Å². The minimum absolute atomic E-state index is 0.759. The van der Waals surface area contributed by atoms with Gasteiger partial charge in [0.25, 0.3) is 0 Å². The molecule has 0 saturated carbocycles. The predicted octanol–water partition coefficient (Wildman–Crippen LogP) is 3.47. The summed E-state index contributed by atoms with van der Waals surface area (Å²) in [6, 6.07) is 1.52. The van der Waals surface area contributed by atoms with E-state index >= 15 is 0 Å². The first-order valence-electron chi connectivity index (χ1n) is 7.88. The van der Waals surface area contributed by atoms with Crippen molar-refractivity contribution < 1.29 is 0 Å². The smallest absolute Gasteiger partial charge is 0.00387 e. The van der Waals surface area contributed by atoms with Crippen molar-refractivity contribution in [1.29, 1.82) is 0 Å². The van der Waals surface area contributed by atoms with Crippen molar-refractivity contribution in [2.45, 2.75) is 66.5 Å². The monoisotopic (exact) mass is 254 g/mol. The summed E-state index contributed by atoms with van der Waals surface area (Å²) in [4.78, 5) is 5.09. The Kier molecular flexibility index (Phi) is 6.65. The normalized spacial score (nSPS) is 30.0. The Bertz CT molecular complexity index is 201. The van der Waals surface area contributed by atoms with Crippen LogP contribution in [0.25, 0.3) is 0 Å². The zero-order valence-electron chi connectivity index (χ0n) is 13.4. The molecule has 2 nitrogen and oxygen atoms in total. The second-order valence-electron chi connectivity index (χ2n) is 6.97. The van der Waals surface area contributed by atoms with Crippen LogP contribution in [0.4, 0.5) is 0 Å². The third-order valence-electron chi connectivity index (χ3n) is 4.37. The van der Waals surface area contributed by atoms with Crippen molar-refractivity contribution in [3.63, 3.8) is 0 Å². The maximum absolute atomic E-state index is 2.55.